The summed E-state index contributed by atoms with van der Waals surface area (Å²) >= 11 is 0. The summed E-state index contributed by atoms with van der Waals surface area (Å²) in [5.74, 6) is 0.232. The molecule has 0 saturated carbocycles. The molecule has 3 nitrogen and oxygen atoms in total. The Bertz CT molecular complexity index is 117. The first kappa shape index (κ1) is 5.99. The zero-order valence-electron chi connectivity index (χ0n) is 4.63. The number of carbonyl (C=O) groups is 1. The summed E-state index contributed by atoms with van der Waals surface area (Å²) in [5.41, 5.74) is 0. The van der Waals surface area contributed by atoms with Gasteiger partial charge >= 0.3 is 0 Å². The molecule has 0 radical (unpaired) electrons. The molecule has 8 heavy (non-hydrogen) atoms. The van der Waals surface area contributed by atoms with Crippen molar-refractivity contribution in [1.82, 2.24) is 5.06 Å². The van der Waals surface area contributed by atoms with E-state index in [0.717, 1.165) is 6.54 Å². The van der Waals surface area contributed by atoms with E-state index in [2.05, 4.69) is 4.62 Å². The fraction of sp³-hybridized carbons (Fsp3) is 0.750. The molecule has 0 aromatic rings. The topological polar surface area (TPSA) is 29.5 Å². The van der Waals surface area contributed by atoms with Crippen LogP contribution in [0, 0.1) is 5.92 Å². The molecule has 1 fully saturated rings. The monoisotopic (exact) mass is 133 g/mol. The van der Waals surface area contributed by atoms with Crippen LogP contribution in [0.5, 0.6) is 0 Å². The third kappa shape index (κ3) is 0.721. The van der Waals surface area contributed by atoms with E-state index in [1.807, 2.05) is 16.4 Å². The molecule has 1 heterocycles. The molecule has 46 valence electrons. The van der Waals surface area contributed by atoms with E-state index in [-0.39, 0.29) is 11.8 Å². The predicted octanol–water partition coefficient (Wildman–Crippen LogP) is 0.186. The van der Waals surface area contributed by atoms with Crippen molar-refractivity contribution in [3.8, 4) is 0 Å². The number of hydrogen-bond acceptors (Lipinski definition) is 2. The van der Waals surface area contributed by atoms with Gasteiger partial charge in [-0.25, -0.2) is 5.06 Å². The van der Waals surface area contributed by atoms with Crippen LogP contribution in [-0.4, -0.2) is 17.5 Å². The molecule has 0 aromatic heterocycles. The zero-order chi connectivity index (χ0) is 6.15. The Hall–Kier alpha value is -0.140. The quantitative estimate of drug-likeness (QED) is 0.377. The summed E-state index contributed by atoms with van der Waals surface area (Å²) in [6, 6.07) is 0. The van der Waals surface area contributed by atoms with Crippen LogP contribution < -0.4 is 0 Å². The molecule has 4 heteroatoms. The number of amides is 1. The lowest BCUT2D eigenvalue weighted by molar-refractivity contribution is -0.181. The second-order valence-electron chi connectivity index (χ2n) is 1.91. The van der Waals surface area contributed by atoms with Crippen LogP contribution in [0.4, 0.5) is 0 Å². The van der Waals surface area contributed by atoms with Gasteiger partial charge in [0.2, 0.25) is 0 Å². The Labute approximate surface area is 50.2 Å². The first-order valence-electron chi connectivity index (χ1n) is 2.44. The van der Waals surface area contributed by atoms with Crippen LogP contribution in [-0.2, 0) is 9.42 Å². The zero-order valence-corrected chi connectivity index (χ0v) is 5.78. The highest BCUT2D eigenvalue weighted by atomic mass is 31.0. The molecule has 2 atom stereocenters. The lowest BCUT2D eigenvalue weighted by atomic mass is 10.1. The predicted molar refractivity (Wildman–Crippen MR) is 31.7 cm³/mol. The first-order valence-corrected chi connectivity index (χ1v) is 2.91. The van der Waals surface area contributed by atoms with Crippen molar-refractivity contribution in [1.29, 1.82) is 0 Å². The van der Waals surface area contributed by atoms with Crippen molar-refractivity contribution in [3.63, 3.8) is 0 Å². The minimum atomic E-state index is 0.0694. The Morgan fingerprint density at radius 2 is 2.62 bits per heavy atom. The highest BCUT2D eigenvalue weighted by Gasteiger charge is 2.32. The van der Waals surface area contributed by atoms with Crippen LogP contribution in [0.15, 0.2) is 0 Å². The van der Waals surface area contributed by atoms with Gasteiger partial charge in [0.25, 0.3) is 5.91 Å². The molecular formula is C4H8NO2P. The van der Waals surface area contributed by atoms with Crippen molar-refractivity contribution in [3.05, 3.63) is 0 Å². The molecule has 0 bridgehead atoms. The van der Waals surface area contributed by atoms with Gasteiger partial charge in [0.05, 0.1) is 12.5 Å². The summed E-state index contributed by atoms with van der Waals surface area (Å²) < 4.78 is 4.57. The normalized spacial score (nSPS) is 28.0. The third-order valence-electron chi connectivity index (χ3n) is 1.23. The highest BCUT2D eigenvalue weighted by molar-refractivity contribution is 7.09. The van der Waals surface area contributed by atoms with Crippen molar-refractivity contribution >= 4 is 15.4 Å². The standard InChI is InChI=1S/C4H8NO2P/c1-3-2-5(7-8)4(3)6/h3H,2,8H2,1H3/t3-/m0/s1. The van der Waals surface area contributed by atoms with Gasteiger partial charge in [-0.05, 0) is 0 Å². The molecule has 0 aromatic carbocycles. The fourth-order valence-electron chi connectivity index (χ4n) is 0.645. The van der Waals surface area contributed by atoms with Crippen molar-refractivity contribution < 1.29 is 9.42 Å². The molecule has 0 N–H and O–H groups in total. The molecular weight excluding hydrogens is 125 g/mol. The van der Waals surface area contributed by atoms with Gasteiger partial charge in [0.1, 0.15) is 0 Å². The largest absolute Gasteiger partial charge is 0.272 e. The number of β-lactam (4-membered cyclic amide) rings is 1. The molecule has 1 aliphatic rings. The van der Waals surface area contributed by atoms with Crippen LogP contribution in [0.1, 0.15) is 6.92 Å². The van der Waals surface area contributed by atoms with E-state index in [9.17, 15) is 4.79 Å². The van der Waals surface area contributed by atoms with Crippen molar-refractivity contribution in [2.75, 3.05) is 6.54 Å². The molecule has 1 rings (SSSR count). The Morgan fingerprint density at radius 3 is 2.75 bits per heavy atom. The maximum atomic E-state index is 10.6. The molecule has 0 aliphatic carbocycles. The number of carbonyl (C=O) groups excluding carboxylic acids is 1. The minimum Gasteiger partial charge on any atom is -0.272 e. The van der Waals surface area contributed by atoms with E-state index in [1.165, 1.54) is 5.06 Å². The summed E-state index contributed by atoms with van der Waals surface area (Å²) in [7, 11) is 2.04. The van der Waals surface area contributed by atoms with E-state index in [4.69, 9.17) is 0 Å². The minimum absolute atomic E-state index is 0.0694. The van der Waals surface area contributed by atoms with Gasteiger partial charge in [-0.3, -0.25) is 9.42 Å². The number of nitrogens with zero attached hydrogens (tertiary/aromatic N) is 1. The van der Waals surface area contributed by atoms with Crippen LogP contribution >= 0.6 is 9.47 Å². The first-order chi connectivity index (χ1) is 3.75. The molecule has 1 unspecified atom stereocenters. The molecule has 1 amide bonds. The van der Waals surface area contributed by atoms with Crippen LogP contribution in [0.2, 0.25) is 0 Å². The number of rotatable bonds is 1. The Morgan fingerprint density at radius 1 is 2.00 bits per heavy atom. The Balaban J connectivity index is 2.36. The number of hydrogen-bond donors (Lipinski definition) is 0. The lowest BCUT2D eigenvalue weighted by Crippen LogP contribution is -2.49. The lowest BCUT2D eigenvalue weighted by Gasteiger charge is -2.33. The average Bonchev–Trinajstić information content (AvgIpc) is 1.81. The van der Waals surface area contributed by atoms with Gasteiger partial charge in [0.15, 0.2) is 0 Å². The summed E-state index contributed by atoms with van der Waals surface area (Å²) in [5, 5.41) is 1.31. The maximum absolute atomic E-state index is 10.6. The van der Waals surface area contributed by atoms with Gasteiger partial charge in [-0.1, -0.05) is 6.92 Å². The Kier molecular flexibility index (Phi) is 1.49. The van der Waals surface area contributed by atoms with Gasteiger partial charge in [-0.15, -0.1) is 0 Å². The van der Waals surface area contributed by atoms with Gasteiger partial charge in [0, 0.05) is 9.47 Å². The highest BCUT2D eigenvalue weighted by Crippen LogP contribution is 2.17. The SMILES string of the molecule is C[C@H]1CN(OP)C1=O. The molecule has 0 spiro atoms. The van der Waals surface area contributed by atoms with E-state index >= 15 is 0 Å². The fourth-order valence-corrected chi connectivity index (χ4v) is 0.835. The summed E-state index contributed by atoms with van der Waals surface area (Å²) in [6.07, 6.45) is 0. The second-order valence-corrected chi connectivity index (χ2v) is 2.12. The smallest absolute Gasteiger partial charge is 0.251 e. The second kappa shape index (κ2) is 2.00. The van der Waals surface area contributed by atoms with Crippen LogP contribution in [0.25, 0.3) is 0 Å². The molecule has 1 saturated heterocycles. The van der Waals surface area contributed by atoms with Gasteiger partial charge < -0.3 is 0 Å². The average molecular weight is 133 g/mol. The van der Waals surface area contributed by atoms with Crippen LogP contribution in [0.3, 0.4) is 0 Å². The molecule has 1 aliphatic heterocycles. The third-order valence-corrected chi connectivity index (χ3v) is 1.49. The van der Waals surface area contributed by atoms with Crippen molar-refractivity contribution in [2.24, 2.45) is 5.92 Å². The van der Waals surface area contributed by atoms with E-state index < -0.39 is 0 Å². The maximum Gasteiger partial charge on any atom is 0.251 e. The summed E-state index contributed by atoms with van der Waals surface area (Å²) in [6.45, 7) is 2.60. The number of hydroxylamine groups is 2. The van der Waals surface area contributed by atoms with Gasteiger partial charge in [-0.2, -0.15) is 0 Å². The van der Waals surface area contributed by atoms with Crippen molar-refractivity contribution in [2.45, 2.75) is 6.92 Å². The van der Waals surface area contributed by atoms with E-state index in [1.54, 1.807) is 0 Å². The summed E-state index contributed by atoms with van der Waals surface area (Å²) in [4.78, 5) is 10.6. The van der Waals surface area contributed by atoms with E-state index in [0.29, 0.717) is 0 Å².